The highest BCUT2D eigenvalue weighted by atomic mass is 16.4. The lowest BCUT2D eigenvalue weighted by Crippen LogP contribution is -2.18. The molecule has 2 aromatic carbocycles. The lowest BCUT2D eigenvalue weighted by Gasteiger charge is -2.24. The van der Waals surface area contributed by atoms with Gasteiger partial charge in [0.2, 0.25) is 0 Å². The monoisotopic (exact) mass is 351 g/mol. The number of anilines is 1. The summed E-state index contributed by atoms with van der Waals surface area (Å²) in [6.45, 7) is 0. The number of amides is 1. The molecule has 26 heavy (non-hydrogen) atoms. The molecule has 0 aromatic heterocycles. The Hall–Kier alpha value is -3.15. The van der Waals surface area contributed by atoms with E-state index in [1.54, 1.807) is 24.3 Å². The largest absolute Gasteiger partial charge is 0.481 e. The average molecular weight is 351 g/mol. The number of carboxylic acids is 1. The van der Waals surface area contributed by atoms with Gasteiger partial charge in [-0.2, -0.15) is 0 Å². The molecule has 0 saturated heterocycles. The minimum atomic E-state index is -0.767. The molecule has 6 heteroatoms. The van der Waals surface area contributed by atoms with E-state index in [0.29, 0.717) is 16.8 Å². The average Bonchev–Trinajstić information content (AvgIpc) is 2.61. The van der Waals surface area contributed by atoms with E-state index >= 15 is 0 Å². The van der Waals surface area contributed by atoms with E-state index in [2.05, 4.69) is 5.32 Å². The minimum Gasteiger partial charge on any atom is -0.481 e. The van der Waals surface area contributed by atoms with Gasteiger partial charge in [-0.3, -0.25) is 15.0 Å². The van der Waals surface area contributed by atoms with Crippen molar-refractivity contribution < 1.29 is 14.7 Å². The molecular weight excluding hydrogens is 330 g/mol. The molecular formula is C20H21N3O3. The first-order chi connectivity index (χ1) is 12.4. The van der Waals surface area contributed by atoms with Crippen molar-refractivity contribution in [3.8, 4) is 0 Å². The van der Waals surface area contributed by atoms with E-state index in [1.165, 1.54) is 5.56 Å². The van der Waals surface area contributed by atoms with E-state index in [-0.39, 0.29) is 24.1 Å². The van der Waals surface area contributed by atoms with E-state index in [1.807, 2.05) is 18.2 Å². The molecule has 0 heterocycles. The second-order valence-corrected chi connectivity index (χ2v) is 6.64. The van der Waals surface area contributed by atoms with Crippen LogP contribution in [-0.4, -0.2) is 22.8 Å². The van der Waals surface area contributed by atoms with Crippen LogP contribution in [0, 0.1) is 11.3 Å². The first-order valence-corrected chi connectivity index (χ1v) is 8.52. The fourth-order valence-electron chi connectivity index (χ4n) is 3.34. The third-order valence-corrected chi connectivity index (χ3v) is 4.72. The van der Waals surface area contributed by atoms with Gasteiger partial charge in [0.25, 0.3) is 5.91 Å². The van der Waals surface area contributed by atoms with Crippen LogP contribution >= 0.6 is 0 Å². The molecule has 1 aliphatic rings. The van der Waals surface area contributed by atoms with Crippen molar-refractivity contribution in [2.24, 2.45) is 11.7 Å². The summed E-state index contributed by atoms with van der Waals surface area (Å²) in [4.78, 5) is 23.3. The summed E-state index contributed by atoms with van der Waals surface area (Å²) in [5, 5.41) is 19.2. The van der Waals surface area contributed by atoms with Crippen molar-refractivity contribution in [1.82, 2.24) is 0 Å². The van der Waals surface area contributed by atoms with Crippen LogP contribution in [0.25, 0.3) is 0 Å². The van der Waals surface area contributed by atoms with Gasteiger partial charge in [0.1, 0.15) is 5.84 Å². The zero-order valence-corrected chi connectivity index (χ0v) is 14.3. The third-order valence-electron chi connectivity index (χ3n) is 4.72. The number of hydrogen-bond donors (Lipinski definition) is 4. The second-order valence-electron chi connectivity index (χ2n) is 6.64. The highest BCUT2D eigenvalue weighted by molar-refractivity contribution is 6.05. The van der Waals surface area contributed by atoms with Gasteiger partial charge >= 0.3 is 5.97 Å². The summed E-state index contributed by atoms with van der Waals surface area (Å²) in [6, 6.07) is 12.4. The summed E-state index contributed by atoms with van der Waals surface area (Å²) < 4.78 is 0. The predicted octanol–water partition coefficient (Wildman–Crippen LogP) is 2.80. The first-order valence-electron chi connectivity index (χ1n) is 8.52. The number of carboxylic acid groups (broad SMARTS) is 1. The van der Waals surface area contributed by atoms with Gasteiger partial charge in [-0.1, -0.05) is 18.2 Å². The molecule has 2 aromatic rings. The minimum absolute atomic E-state index is 0.0393. The van der Waals surface area contributed by atoms with Gasteiger partial charge in [-0.25, -0.2) is 0 Å². The number of rotatable bonds is 5. The summed E-state index contributed by atoms with van der Waals surface area (Å²) in [5.74, 6) is -0.900. The molecule has 0 bridgehead atoms. The van der Waals surface area contributed by atoms with E-state index in [0.717, 1.165) is 24.8 Å². The van der Waals surface area contributed by atoms with Gasteiger partial charge in [0, 0.05) is 23.2 Å². The first kappa shape index (κ1) is 17.7. The maximum atomic E-state index is 12.4. The lowest BCUT2D eigenvalue weighted by atomic mass is 9.82. The Morgan fingerprint density at radius 3 is 2.46 bits per heavy atom. The van der Waals surface area contributed by atoms with Gasteiger partial charge in [-0.05, 0) is 60.6 Å². The highest BCUT2D eigenvalue weighted by Gasteiger charge is 2.21. The van der Waals surface area contributed by atoms with Crippen molar-refractivity contribution in [1.29, 1.82) is 5.41 Å². The molecule has 1 unspecified atom stereocenters. The normalized spacial score (nSPS) is 15.8. The molecule has 0 spiro atoms. The molecule has 0 fully saturated rings. The van der Waals surface area contributed by atoms with Gasteiger partial charge in [0.15, 0.2) is 0 Å². The van der Waals surface area contributed by atoms with Gasteiger partial charge in [-0.15, -0.1) is 0 Å². The van der Waals surface area contributed by atoms with Crippen molar-refractivity contribution in [2.75, 3.05) is 5.32 Å². The van der Waals surface area contributed by atoms with Crippen LogP contribution in [0.15, 0.2) is 42.5 Å². The highest BCUT2D eigenvalue weighted by Crippen LogP contribution is 2.29. The zero-order chi connectivity index (χ0) is 18.7. The number of amidine groups is 1. The Kier molecular flexibility index (Phi) is 5.02. The van der Waals surface area contributed by atoms with Crippen molar-refractivity contribution in [2.45, 2.75) is 25.7 Å². The number of benzene rings is 2. The Balaban J connectivity index is 1.71. The smallest absolute Gasteiger partial charge is 0.303 e. The molecule has 5 N–H and O–H groups in total. The van der Waals surface area contributed by atoms with Crippen molar-refractivity contribution >= 4 is 23.4 Å². The molecule has 1 aliphatic carbocycles. The lowest BCUT2D eigenvalue weighted by molar-refractivity contribution is -0.138. The Morgan fingerprint density at radius 2 is 1.81 bits per heavy atom. The van der Waals surface area contributed by atoms with E-state index in [4.69, 9.17) is 16.2 Å². The molecule has 0 aliphatic heterocycles. The fourth-order valence-corrected chi connectivity index (χ4v) is 3.34. The number of nitrogen functional groups attached to an aromatic ring is 1. The van der Waals surface area contributed by atoms with Gasteiger partial charge in [0.05, 0.1) is 0 Å². The molecule has 6 nitrogen and oxygen atoms in total. The number of nitrogens with two attached hydrogens (primary N) is 1. The maximum Gasteiger partial charge on any atom is 0.303 e. The summed E-state index contributed by atoms with van der Waals surface area (Å²) in [7, 11) is 0. The van der Waals surface area contributed by atoms with Crippen LogP contribution in [-0.2, 0) is 17.6 Å². The van der Waals surface area contributed by atoms with Crippen LogP contribution in [0.3, 0.4) is 0 Å². The number of aryl methyl sites for hydroxylation is 1. The number of carbonyl (C=O) groups is 2. The van der Waals surface area contributed by atoms with Crippen molar-refractivity contribution in [3.05, 3.63) is 64.7 Å². The van der Waals surface area contributed by atoms with E-state index < -0.39 is 5.97 Å². The molecule has 134 valence electrons. The standard InChI is InChI=1S/C20H21N3O3/c21-19(22)14-3-5-15(6-4-14)20(26)23-17-8-7-13-2-1-12(10-18(24)25)9-16(13)11-17/h3-8,11-12H,1-2,9-10H2,(H3,21,22)(H,23,26)(H,24,25). The Morgan fingerprint density at radius 1 is 1.12 bits per heavy atom. The number of fused-ring (bicyclic) bond motifs is 1. The van der Waals surface area contributed by atoms with Crippen LogP contribution < -0.4 is 11.1 Å². The number of hydrogen-bond acceptors (Lipinski definition) is 3. The SMILES string of the molecule is N=C(N)c1ccc(C(=O)Nc2ccc3c(c2)CC(CC(=O)O)CC3)cc1. The molecule has 0 radical (unpaired) electrons. The number of nitrogens with one attached hydrogen (secondary N) is 2. The maximum absolute atomic E-state index is 12.4. The zero-order valence-electron chi connectivity index (χ0n) is 14.3. The molecule has 3 rings (SSSR count). The Bertz CT molecular complexity index is 859. The number of aliphatic carboxylic acids is 1. The van der Waals surface area contributed by atoms with Crippen LogP contribution in [0.5, 0.6) is 0 Å². The molecule has 1 amide bonds. The van der Waals surface area contributed by atoms with Crippen molar-refractivity contribution in [3.63, 3.8) is 0 Å². The summed E-state index contributed by atoms with van der Waals surface area (Å²) in [5.41, 5.74) is 9.48. The van der Waals surface area contributed by atoms with Crippen LogP contribution in [0.4, 0.5) is 5.69 Å². The second kappa shape index (κ2) is 7.39. The fraction of sp³-hybridized carbons (Fsp3) is 0.250. The third kappa shape index (κ3) is 4.08. The van der Waals surface area contributed by atoms with Crippen LogP contribution in [0.2, 0.25) is 0 Å². The quantitative estimate of drug-likeness (QED) is 0.489. The Labute approximate surface area is 151 Å². The predicted molar refractivity (Wildman–Crippen MR) is 99.6 cm³/mol. The number of carbonyl (C=O) groups excluding carboxylic acids is 1. The van der Waals surface area contributed by atoms with Crippen LogP contribution in [0.1, 0.15) is 39.9 Å². The summed E-state index contributed by atoms with van der Waals surface area (Å²) >= 11 is 0. The van der Waals surface area contributed by atoms with Gasteiger partial charge < -0.3 is 16.2 Å². The topological polar surface area (TPSA) is 116 Å². The molecule has 1 atom stereocenters. The van der Waals surface area contributed by atoms with E-state index in [9.17, 15) is 9.59 Å². The molecule has 0 saturated carbocycles. The summed E-state index contributed by atoms with van der Waals surface area (Å²) in [6.07, 6.45) is 2.65.